The standard InChI is InChI=1S/C20H18ClNO4/c1-20(2,12-26-11-17(23)13-7-9-14(21)10-8-13)22-18(24)15-5-3-4-6-16(15)19(22)25/h3-10H,11-12H2,1-2H3. The van der Waals surface area contributed by atoms with E-state index in [-0.39, 0.29) is 30.8 Å². The smallest absolute Gasteiger partial charge is 0.262 e. The number of imide groups is 1. The fraction of sp³-hybridized carbons (Fsp3) is 0.250. The minimum absolute atomic E-state index is 0.0534. The summed E-state index contributed by atoms with van der Waals surface area (Å²) in [5.41, 5.74) is 0.395. The van der Waals surface area contributed by atoms with Crippen LogP contribution in [0.2, 0.25) is 5.02 Å². The lowest BCUT2D eigenvalue weighted by molar-refractivity contribution is 0.0179. The lowest BCUT2D eigenvalue weighted by Gasteiger charge is -2.33. The Morgan fingerprint density at radius 2 is 1.54 bits per heavy atom. The van der Waals surface area contributed by atoms with Gasteiger partial charge in [0.25, 0.3) is 11.8 Å². The molecule has 0 fully saturated rings. The first kappa shape index (κ1) is 18.3. The van der Waals surface area contributed by atoms with Crippen LogP contribution in [0.1, 0.15) is 44.9 Å². The van der Waals surface area contributed by atoms with Crippen LogP contribution >= 0.6 is 11.6 Å². The molecule has 0 unspecified atom stereocenters. The number of fused-ring (bicyclic) bond motifs is 1. The first-order valence-corrected chi connectivity index (χ1v) is 8.53. The van der Waals surface area contributed by atoms with Gasteiger partial charge in [-0.1, -0.05) is 23.7 Å². The number of ether oxygens (including phenoxy) is 1. The van der Waals surface area contributed by atoms with Gasteiger partial charge in [0.2, 0.25) is 0 Å². The van der Waals surface area contributed by atoms with Crippen molar-refractivity contribution in [3.8, 4) is 0 Å². The second-order valence-corrected chi connectivity index (χ2v) is 7.16. The summed E-state index contributed by atoms with van der Waals surface area (Å²) in [5.74, 6) is -0.883. The fourth-order valence-electron chi connectivity index (χ4n) is 2.92. The molecule has 3 rings (SSSR count). The van der Waals surface area contributed by atoms with Crippen LogP contribution in [0.4, 0.5) is 0 Å². The van der Waals surface area contributed by atoms with Crippen LogP contribution in [0.15, 0.2) is 48.5 Å². The molecule has 0 spiro atoms. The normalized spacial score (nSPS) is 13.9. The van der Waals surface area contributed by atoms with Gasteiger partial charge in [-0.15, -0.1) is 0 Å². The van der Waals surface area contributed by atoms with Crippen molar-refractivity contribution in [1.29, 1.82) is 0 Å². The van der Waals surface area contributed by atoms with Gasteiger partial charge in [-0.05, 0) is 50.2 Å². The summed E-state index contributed by atoms with van der Waals surface area (Å²) in [6.45, 7) is 3.38. The molecule has 0 aliphatic carbocycles. The molecule has 0 radical (unpaired) electrons. The molecule has 2 amide bonds. The molecule has 1 aliphatic heterocycles. The van der Waals surface area contributed by atoms with E-state index in [1.165, 1.54) is 4.90 Å². The van der Waals surface area contributed by atoms with Crippen LogP contribution in [-0.2, 0) is 4.74 Å². The quantitative estimate of drug-likeness (QED) is 0.574. The minimum Gasteiger partial charge on any atom is -0.371 e. The summed E-state index contributed by atoms with van der Waals surface area (Å²) < 4.78 is 5.52. The molecule has 0 N–H and O–H groups in total. The van der Waals surface area contributed by atoms with Crippen molar-refractivity contribution in [2.45, 2.75) is 19.4 Å². The molecule has 0 saturated heterocycles. The predicted octanol–water partition coefficient (Wildman–Crippen LogP) is 3.61. The third-order valence-electron chi connectivity index (χ3n) is 4.25. The first-order valence-electron chi connectivity index (χ1n) is 8.16. The molecular weight excluding hydrogens is 354 g/mol. The van der Waals surface area contributed by atoms with Gasteiger partial charge in [-0.2, -0.15) is 0 Å². The van der Waals surface area contributed by atoms with Crippen LogP contribution in [0.3, 0.4) is 0 Å². The van der Waals surface area contributed by atoms with E-state index in [1.807, 2.05) is 0 Å². The Morgan fingerprint density at radius 1 is 1.00 bits per heavy atom. The average Bonchev–Trinajstić information content (AvgIpc) is 2.87. The molecule has 26 heavy (non-hydrogen) atoms. The van der Waals surface area contributed by atoms with Crippen LogP contribution in [-0.4, -0.2) is 41.3 Å². The van der Waals surface area contributed by atoms with Crippen molar-refractivity contribution >= 4 is 29.2 Å². The molecule has 0 saturated carbocycles. The fourth-order valence-corrected chi connectivity index (χ4v) is 3.04. The molecule has 2 aromatic rings. The lowest BCUT2D eigenvalue weighted by Crippen LogP contribution is -2.50. The van der Waals surface area contributed by atoms with Crippen LogP contribution in [0, 0.1) is 0 Å². The largest absolute Gasteiger partial charge is 0.371 e. The van der Waals surface area contributed by atoms with Gasteiger partial charge in [0.1, 0.15) is 6.61 Å². The molecule has 1 heterocycles. The molecule has 5 nitrogen and oxygen atoms in total. The molecule has 1 aliphatic rings. The summed E-state index contributed by atoms with van der Waals surface area (Å²) in [5, 5.41) is 0.550. The zero-order valence-electron chi connectivity index (χ0n) is 14.5. The van der Waals surface area contributed by atoms with E-state index in [1.54, 1.807) is 62.4 Å². The van der Waals surface area contributed by atoms with Crippen LogP contribution < -0.4 is 0 Å². The van der Waals surface area contributed by atoms with Crippen molar-refractivity contribution < 1.29 is 19.1 Å². The van der Waals surface area contributed by atoms with Gasteiger partial charge in [0.15, 0.2) is 5.78 Å². The Kier molecular flexibility index (Phi) is 4.94. The van der Waals surface area contributed by atoms with E-state index in [0.717, 1.165) is 0 Å². The number of halogens is 1. The third kappa shape index (κ3) is 3.41. The summed E-state index contributed by atoms with van der Waals surface area (Å²) in [4.78, 5) is 38.5. The van der Waals surface area contributed by atoms with Crippen molar-refractivity contribution in [2.75, 3.05) is 13.2 Å². The van der Waals surface area contributed by atoms with E-state index in [4.69, 9.17) is 16.3 Å². The Hall–Kier alpha value is -2.50. The van der Waals surface area contributed by atoms with Crippen LogP contribution in [0.25, 0.3) is 0 Å². The molecule has 0 bridgehead atoms. The maximum absolute atomic E-state index is 12.6. The number of nitrogens with zero attached hydrogens (tertiary/aromatic N) is 1. The first-order chi connectivity index (χ1) is 12.3. The van der Waals surface area contributed by atoms with Gasteiger partial charge in [-0.25, -0.2) is 0 Å². The molecule has 0 aromatic heterocycles. The Morgan fingerprint density at radius 3 is 2.08 bits per heavy atom. The second-order valence-electron chi connectivity index (χ2n) is 6.73. The zero-order chi connectivity index (χ0) is 18.9. The SMILES string of the molecule is CC(C)(COCC(=O)c1ccc(Cl)cc1)N1C(=O)c2ccccc2C1=O. The van der Waals surface area contributed by atoms with E-state index in [2.05, 4.69) is 0 Å². The maximum atomic E-state index is 12.6. The van der Waals surface area contributed by atoms with E-state index in [0.29, 0.717) is 21.7 Å². The Bertz CT molecular complexity index is 839. The summed E-state index contributed by atoms with van der Waals surface area (Å²) >= 11 is 5.81. The number of carbonyl (C=O) groups is 3. The van der Waals surface area contributed by atoms with Crippen molar-refractivity contribution in [3.05, 3.63) is 70.2 Å². The van der Waals surface area contributed by atoms with Gasteiger partial charge >= 0.3 is 0 Å². The number of ketones is 1. The third-order valence-corrected chi connectivity index (χ3v) is 4.51. The number of amides is 2. The van der Waals surface area contributed by atoms with Gasteiger partial charge in [-0.3, -0.25) is 19.3 Å². The number of Topliss-reactive ketones (excluding diaryl/α,β-unsaturated/α-hetero) is 1. The van der Waals surface area contributed by atoms with Crippen LogP contribution in [0.5, 0.6) is 0 Å². The van der Waals surface area contributed by atoms with Gasteiger partial charge in [0.05, 0.1) is 23.3 Å². The maximum Gasteiger partial charge on any atom is 0.262 e. The van der Waals surface area contributed by atoms with Gasteiger partial charge < -0.3 is 4.74 Å². The summed E-state index contributed by atoms with van der Waals surface area (Å²) in [6.07, 6.45) is 0. The highest BCUT2D eigenvalue weighted by Gasteiger charge is 2.44. The zero-order valence-corrected chi connectivity index (χ0v) is 15.2. The Labute approximate surface area is 156 Å². The Balaban J connectivity index is 1.64. The van der Waals surface area contributed by atoms with E-state index in [9.17, 15) is 14.4 Å². The highest BCUT2D eigenvalue weighted by Crippen LogP contribution is 2.29. The molecule has 2 aromatic carbocycles. The second kappa shape index (κ2) is 7.02. The topological polar surface area (TPSA) is 63.7 Å². The van der Waals surface area contributed by atoms with E-state index < -0.39 is 5.54 Å². The molecule has 6 heteroatoms. The lowest BCUT2D eigenvalue weighted by atomic mass is 10.0. The molecular formula is C20H18ClNO4. The predicted molar refractivity (Wildman–Crippen MR) is 97.6 cm³/mol. The monoisotopic (exact) mass is 371 g/mol. The van der Waals surface area contributed by atoms with Crippen molar-refractivity contribution in [3.63, 3.8) is 0 Å². The number of hydrogen-bond acceptors (Lipinski definition) is 4. The molecule has 0 atom stereocenters. The number of benzene rings is 2. The summed E-state index contributed by atoms with van der Waals surface area (Å²) in [6, 6.07) is 13.2. The number of carbonyl (C=O) groups excluding carboxylic acids is 3. The van der Waals surface area contributed by atoms with E-state index >= 15 is 0 Å². The minimum atomic E-state index is -0.881. The highest BCUT2D eigenvalue weighted by atomic mass is 35.5. The number of hydrogen-bond donors (Lipinski definition) is 0. The van der Waals surface area contributed by atoms with Crippen molar-refractivity contribution in [1.82, 2.24) is 4.90 Å². The highest BCUT2D eigenvalue weighted by molar-refractivity contribution is 6.30. The van der Waals surface area contributed by atoms with Gasteiger partial charge in [0, 0.05) is 10.6 Å². The summed E-state index contributed by atoms with van der Waals surface area (Å²) in [7, 11) is 0. The number of rotatable bonds is 6. The van der Waals surface area contributed by atoms with Crippen molar-refractivity contribution in [2.24, 2.45) is 0 Å². The average molecular weight is 372 g/mol. The molecule has 134 valence electrons.